The fourth-order valence-electron chi connectivity index (χ4n) is 2.59. The molecule has 0 bridgehead atoms. The number of benzene rings is 1. The van der Waals surface area contributed by atoms with Gasteiger partial charge in [0.1, 0.15) is 5.82 Å². The van der Waals surface area contributed by atoms with E-state index < -0.39 is 11.9 Å². The number of aromatic nitrogens is 2. The summed E-state index contributed by atoms with van der Waals surface area (Å²) in [5.41, 5.74) is 1.79. The minimum absolute atomic E-state index is 0.142. The summed E-state index contributed by atoms with van der Waals surface area (Å²) in [6.45, 7) is 3.65. The molecule has 0 aliphatic heterocycles. The highest BCUT2D eigenvalue weighted by Gasteiger charge is 2.33. The molecule has 0 spiro atoms. The Hall–Kier alpha value is -1.55. The number of nitrogens with zero attached hydrogens (tertiary/aromatic N) is 2. The molecule has 0 amide bonds. The summed E-state index contributed by atoms with van der Waals surface area (Å²) in [7, 11) is 0. The number of halogens is 1. The summed E-state index contributed by atoms with van der Waals surface area (Å²) in [5, 5.41) is 9.91. The second kappa shape index (κ2) is 4.77. The Bertz CT molecular complexity index is 676. The number of para-hydroxylation sites is 1. The zero-order chi connectivity index (χ0) is 14.4. The molecule has 1 heterocycles. The molecule has 106 valence electrons. The van der Waals surface area contributed by atoms with Crippen molar-refractivity contribution < 1.29 is 9.90 Å². The third-order valence-corrected chi connectivity index (χ3v) is 4.45. The maximum absolute atomic E-state index is 11.2. The first-order valence-electron chi connectivity index (χ1n) is 6.90. The SMILES string of the molecule is CC(C(=O)O)C(C)c1nc2cccc(Cl)c2n1C1CC1. The lowest BCUT2D eigenvalue weighted by Gasteiger charge is -2.17. The Morgan fingerprint density at radius 2 is 2.15 bits per heavy atom. The molecule has 0 saturated heterocycles. The van der Waals surface area contributed by atoms with Crippen molar-refractivity contribution in [2.45, 2.75) is 38.6 Å². The van der Waals surface area contributed by atoms with Crippen LogP contribution in [0.2, 0.25) is 5.02 Å². The summed E-state index contributed by atoms with van der Waals surface area (Å²) in [6.07, 6.45) is 2.22. The van der Waals surface area contributed by atoms with E-state index in [1.807, 2.05) is 25.1 Å². The number of hydrogen-bond donors (Lipinski definition) is 1. The number of carboxylic acids is 1. The van der Waals surface area contributed by atoms with Crippen LogP contribution in [0.15, 0.2) is 18.2 Å². The number of carbonyl (C=O) groups is 1. The van der Waals surface area contributed by atoms with Crippen molar-refractivity contribution in [1.82, 2.24) is 9.55 Å². The predicted octanol–water partition coefficient (Wildman–Crippen LogP) is 3.85. The fraction of sp³-hybridized carbons (Fsp3) is 0.467. The molecule has 1 saturated carbocycles. The van der Waals surface area contributed by atoms with Gasteiger partial charge in [0.25, 0.3) is 0 Å². The Balaban J connectivity index is 2.17. The van der Waals surface area contributed by atoms with Crippen LogP contribution in [0.4, 0.5) is 0 Å². The second-order valence-electron chi connectivity index (χ2n) is 5.59. The summed E-state index contributed by atoms with van der Waals surface area (Å²) < 4.78 is 2.15. The normalized spacial score (nSPS) is 18.1. The molecular weight excluding hydrogens is 276 g/mol. The van der Waals surface area contributed by atoms with E-state index in [0.29, 0.717) is 11.1 Å². The van der Waals surface area contributed by atoms with E-state index in [1.165, 1.54) is 0 Å². The van der Waals surface area contributed by atoms with E-state index in [1.54, 1.807) is 6.92 Å². The number of aliphatic carboxylic acids is 1. The Morgan fingerprint density at radius 1 is 1.45 bits per heavy atom. The van der Waals surface area contributed by atoms with E-state index >= 15 is 0 Å². The number of fused-ring (bicyclic) bond motifs is 1. The van der Waals surface area contributed by atoms with Gasteiger partial charge >= 0.3 is 5.97 Å². The maximum Gasteiger partial charge on any atom is 0.306 e. The molecule has 1 aromatic heterocycles. The Morgan fingerprint density at radius 3 is 2.75 bits per heavy atom. The monoisotopic (exact) mass is 292 g/mol. The van der Waals surface area contributed by atoms with Gasteiger partial charge in [-0.2, -0.15) is 0 Å². The average molecular weight is 293 g/mol. The lowest BCUT2D eigenvalue weighted by molar-refractivity contribution is -0.141. The third kappa shape index (κ3) is 2.08. The molecule has 2 unspecified atom stereocenters. The highest BCUT2D eigenvalue weighted by Crippen LogP contribution is 2.42. The van der Waals surface area contributed by atoms with Crippen LogP contribution in [0.5, 0.6) is 0 Å². The average Bonchev–Trinajstić information content (AvgIpc) is 3.17. The van der Waals surface area contributed by atoms with Crippen LogP contribution < -0.4 is 0 Å². The van der Waals surface area contributed by atoms with Gasteiger partial charge in [-0.15, -0.1) is 0 Å². The zero-order valence-corrected chi connectivity index (χ0v) is 12.3. The summed E-state index contributed by atoms with van der Waals surface area (Å²) >= 11 is 6.32. The number of carboxylic acid groups (broad SMARTS) is 1. The highest BCUT2D eigenvalue weighted by molar-refractivity contribution is 6.35. The van der Waals surface area contributed by atoms with Gasteiger partial charge in [-0.25, -0.2) is 4.98 Å². The van der Waals surface area contributed by atoms with Crippen LogP contribution in [0.3, 0.4) is 0 Å². The summed E-state index contributed by atoms with van der Waals surface area (Å²) in [4.78, 5) is 15.9. The second-order valence-corrected chi connectivity index (χ2v) is 6.00. The highest BCUT2D eigenvalue weighted by atomic mass is 35.5. The molecule has 0 radical (unpaired) electrons. The molecular formula is C15H17ClN2O2. The molecule has 20 heavy (non-hydrogen) atoms. The molecule has 1 N–H and O–H groups in total. The smallest absolute Gasteiger partial charge is 0.306 e. The van der Waals surface area contributed by atoms with Crippen molar-refractivity contribution in [2.24, 2.45) is 5.92 Å². The Kier molecular flexibility index (Phi) is 3.21. The molecule has 1 fully saturated rings. The van der Waals surface area contributed by atoms with Crippen molar-refractivity contribution >= 4 is 28.6 Å². The molecule has 5 heteroatoms. The van der Waals surface area contributed by atoms with Crippen LogP contribution in [-0.4, -0.2) is 20.6 Å². The van der Waals surface area contributed by atoms with Gasteiger partial charge < -0.3 is 9.67 Å². The standard InChI is InChI=1S/C15H17ClN2O2/c1-8(9(2)15(19)20)14-17-12-5-3-4-11(16)13(12)18(14)10-6-7-10/h3-5,8-10H,6-7H2,1-2H3,(H,19,20). The number of hydrogen-bond acceptors (Lipinski definition) is 2. The van der Waals surface area contributed by atoms with Crippen molar-refractivity contribution in [2.75, 3.05) is 0 Å². The van der Waals surface area contributed by atoms with Gasteiger partial charge in [-0.3, -0.25) is 4.79 Å². The molecule has 4 nitrogen and oxygen atoms in total. The first kappa shape index (κ1) is 13.4. The van der Waals surface area contributed by atoms with E-state index in [-0.39, 0.29) is 5.92 Å². The van der Waals surface area contributed by atoms with Gasteiger partial charge in [0.2, 0.25) is 0 Å². The molecule has 3 rings (SSSR count). The van der Waals surface area contributed by atoms with Crippen molar-refractivity contribution in [3.8, 4) is 0 Å². The largest absolute Gasteiger partial charge is 0.481 e. The summed E-state index contributed by atoms with van der Waals surface area (Å²) in [6, 6.07) is 6.09. The van der Waals surface area contributed by atoms with E-state index in [9.17, 15) is 9.90 Å². The maximum atomic E-state index is 11.2. The van der Waals surface area contributed by atoms with Crippen LogP contribution in [0, 0.1) is 5.92 Å². The van der Waals surface area contributed by atoms with Crippen molar-refractivity contribution in [3.05, 3.63) is 29.0 Å². The zero-order valence-electron chi connectivity index (χ0n) is 11.5. The molecule has 2 aromatic rings. The van der Waals surface area contributed by atoms with Crippen molar-refractivity contribution in [1.29, 1.82) is 0 Å². The molecule has 1 aromatic carbocycles. The number of imidazole rings is 1. The van der Waals surface area contributed by atoms with E-state index in [2.05, 4.69) is 9.55 Å². The van der Waals surface area contributed by atoms with Gasteiger partial charge in [0, 0.05) is 12.0 Å². The van der Waals surface area contributed by atoms with Crippen LogP contribution in [0.1, 0.15) is 44.5 Å². The quantitative estimate of drug-likeness (QED) is 0.931. The van der Waals surface area contributed by atoms with Gasteiger partial charge in [-0.05, 0) is 25.0 Å². The topological polar surface area (TPSA) is 55.1 Å². The number of rotatable bonds is 4. The lowest BCUT2D eigenvalue weighted by Crippen LogP contribution is -2.20. The first-order valence-corrected chi connectivity index (χ1v) is 7.27. The summed E-state index contributed by atoms with van der Waals surface area (Å²) in [5.74, 6) is -0.567. The minimum atomic E-state index is -0.794. The van der Waals surface area contributed by atoms with Gasteiger partial charge in [-0.1, -0.05) is 31.5 Å². The fourth-order valence-corrected chi connectivity index (χ4v) is 2.85. The predicted molar refractivity (Wildman–Crippen MR) is 78.2 cm³/mol. The molecule has 1 aliphatic carbocycles. The van der Waals surface area contributed by atoms with Crippen LogP contribution in [0.25, 0.3) is 11.0 Å². The first-order chi connectivity index (χ1) is 9.50. The lowest BCUT2D eigenvalue weighted by atomic mass is 9.95. The van der Waals surface area contributed by atoms with Crippen molar-refractivity contribution in [3.63, 3.8) is 0 Å². The molecule has 2 atom stereocenters. The van der Waals surface area contributed by atoms with Gasteiger partial charge in [0.15, 0.2) is 0 Å². The van der Waals surface area contributed by atoms with Gasteiger partial charge in [0.05, 0.1) is 22.0 Å². The van der Waals surface area contributed by atoms with E-state index in [0.717, 1.165) is 29.7 Å². The van der Waals surface area contributed by atoms with Crippen LogP contribution >= 0.6 is 11.6 Å². The van der Waals surface area contributed by atoms with E-state index in [4.69, 9.17) is 11.6 Å². The molecule has 1 aliphatic rings. The van der Waals surface area contributed by atoms with Crippen LogP contribution in [-0.2, 0) is 4.79 Å². The Labute approximate surface area is 122 Å². The third-order valence-electron chi connectivity index (χ3n) is 4.15. The minimum Gasteiger partial charge on any atom is -0.481 e.